The van der Waals surface area contributed by atoms with Crippen LogP contribution in [0.3, 0.4) is 0 Å². The number of nitriles is 1. The fourth-order valence-electron chi connectivity index (χ4n) is 4.16. The highest BCUT2D eigenvalue weighted by Gasteiger charge is 2.23. The van der Waals surface area contributed by atoms with Crippen LogP contribution in [-0.4, -0.2) is 35.6 Å². The van der Waals surface area contributed by atoms with Gasteiger partial charge >= 0.3 is 0 Å². The molecule has 0 unspecified atom stereocenters. The van der Waals surface area contributed by atoms with Crippen LogP contribution in [0.25, 0.3) is 21.8 Å². The number of nitrogens with zero attached hydrogens (tertiary/aromatic N) is 3. The Morgan fingerprint density at radius 1 is 1.04 bits per heavy atom. The molecule has 1 fully saturated rings. The van der Waals surface area contributed by atoms with E-state index in [9.17, 15) is 5.26 Å². The Labute approximate surface area is 173 Å². The molecule has 0 spiro atoms. The quantitative estimate of drug-likeness (QED) is 0.694. The Morgan fingerprint density at radius 2 is 1.74 bits per heavy atom. The van der Waals surface area contributed by atoms with Gasteiger partial charge in [-0.25, -0.2) is 0 Å². The summed E-state index contributed by atoms with van der Waals surface area (Å²) >= 11 is 0. The maximum atomic E-state index is 9.36. The van der Waals surface area contributed by atoms with E-state index in [1.54, 1.807) is 0 Å². The van der Waals surface area contributed by atoms with Crippen molar-refractivity contribution in [3.63, 3.8) is 0 Å². The van der Waals surface area contributed by atoms with E-state index in [1.807, 2.05) is 0 Å². The fraction of sp³-hybridized carbons (Fsp3) is 0.381. The van der Waals surface area contributed by atoms with Crippen LogP contribution < -0.4 is 5.32 Å². The van der Waals surface area contributed by atoms with Gasteiger partial charge in [-0.15, -0.1) is 24.8 Å². The standard InChI is InChI=1S/C21H24N4.2ClH/c1-2-25-20-6-4-3-5-17(20)18-15-16(7-8-21(18)25)19(9-10-22)24-13-11-23-12-14-24;;/h3-8,15,19,23H,2,9,11-14H2,1H3;2*1H/t19-;;/m0../s1. The number of para-hydroxylation sites is 1. The summed E-state index contributed by atoms with van der Waals surface area (Å²) in [6.45, 7) is 7.16. The predicted octanol–water partition coefficient (Wildman–Crippen LogP) is 4.52. The monoisotopic (exact) mass is 404 g/mol. The number of hydrogen-bond acceptors (Lipinski definition) is 3. The lowest BCUT2D eigenvalue weighted by Crippen LogP contribution is -2.45. The van der Waals surface area contributed by atoms with E-state index in [0.717, 1.165) is 32.7 Å². The number of aromatic nitrogens is 1. The summed E-state index contributed by atoms with van der Waals surface area (Å²) in [6, 6.07) is 18.0. The van der Waals surface area contributed by atoms with Crippen LogP contribution in [0.2, 0.25) is 0 Å². The number of rotatable bonds is 4. The van der Waals surface area contributed by atoms with E-state index in [2.05, 4.69) is 70.2 Å². The number of piperazine rings is 1. The molecule has 144 valence electrons. The Morgan fingerprint density at radius 3 is 2.44 bits per heavy atom. The molecular weight excluding hydrogens is 379 g/mol. The summed E-state index contributed by atoms with van der Waals surface area (Å²) in [5.74, 6) is 0. The largest absolute Gasteiger partial charge is 0.341 e. The third-order valence-electron chi connectivity index (χ3n) is 5.37. The van der Waals surface area contributed by atoms with Crippen LogP contribution in [0.5, 0.6) is 0 Å². The fourth-order valence-corrected chi connectivity index (χ4v) is 4.16. The molecule has 0 amide bonds. The first-order valence-electron chi connectivity index (χ1n) is 9.16. The Hall–Kier alpha value is -1.77. The number of fused-ring (bicyclic) bond motifs is 3. The smallest absolute Gasteiger partial charge is 0.0641 e. The molecule has 27 heavy (non-hydrogen) atoms. The molecule has 2 heterocycles. The molecule has 1 aliphatic heterocycles. The molecule has 0 saturated carbocycles. The van der Waals surface area contributed by atoms with Crippen molar-refractivity contribution in [3.8, 4) is 6.07 Å². The van der Waals surface area contributed by atoms with Gasteiger partial charge in [-0.1, -0.05) is 24.3 Å². The van der Waals surface area contributed by atoms with Gasteiger partial charge in [0.2, 0.25) is 0 Å². The van der Waals surface area contributed by atoms with Crippen molar-refractivity contribution in [2.75, 3.05) is 26.2 Å². The van der Waals surface area contributed by atoms with E-state index in [4.69, 9.17) is 0 Å². The highest BCUT2D eigenvalue weighted by Crippen LogP contribution is 2.33. The van der Waals surface area contributed by atoms with E-state index in [0.29, 0.717) is 6.42 Å². The molecule has 2 aromatic carbocycles. The normalized spacial score (nSPS) is 15.7. The van der Waals surface area contributed by atoms with Crippen LogP contribution in [0.1, 0.15) is 24.9 Å². The third-order valence-corrected chi connectivity index (χ3v) is 5.37. The SMILES string of the molecule is CCn1c2ccccc2c2cc([C@H](CC#N)N3CCNCC3)ccc21.Cl.Cl. The van der Waals surface area contributed by atoms with Gasteiger partial charge in [0.1, 0.15) is 0 Å². The first-order chi connectivity index (χ1) is 12.3. The van der Waals surface area contributed by atoms with Crippen LogP contribution in [0.4, 0.5) is 0 Å². The molecule has 3 aromatic rings. The van der Waals surface area contributed by atoms with E-state index < -0.39 is 0 Å². The van der Waals surface area contributed by atoms with Crippen molar-refractivity contribution in [1.82, 2.24) is 14.8 Å². The second-order valence-electron chi connectivity index (χ2n) is 6.70. The molecular formula is C21H26Cl2N4. The molecule has 6 heteroatoms. The molecule has 1 aliphatic rings. The predicted molar refractivity (Wildman–Crippen MR) is 117 cm³/mol. The third kappa shape index (κ3) is 3.93. The molecule has 0 radical (unpaired) electrons. The lowest BCUT2D eigenvalue weighted by atomic mass is 9.99. The van der Waals surface area contributed by atoms with Crippen LogP contribution in [0, 0.1) is 11.3 Å². The summed E-state index contributed by atoms with van der Waals surface area (Å²) in [5.41, 5.74) is 3.83. The van der Waals surface area contributed by atoms with Gasteiger partial charge < -0.3 is 9.88 Å². The van der Waals surface area contributed by atoms with Gasteiger partial charge in [-0.3, -0.25) is 4.90 Å². The van der Waals surface area contributed by atoms with Crippen LogP contribution in [0.15, 0.2) is 42.5 Å². The van der Waals surface area contributed by atoms with Crippen LogP contribution >= 0.6 is 24.8 Å². The van der Waals surface area contributed by atoms with Crippen LogP contribution in [-0.2, 0) is 6.54 Å². The zero-order valence-electron chi connectivity index (χ0n) is 15.5. The number of nitrogens with one attached hydrogen (secondary N) is 1. The molecule has 1 saturated heterocycles. The Balaban J connectivity index is 0.00000131. The number of benzene rings is 2. The lowest BCUT2D eigenvalue weighted by Gasteiger charge is -2.34. The Bertz CT molecular complexity index is 938. The van der Waals surface area contributed by atoms with Crippen molar-refractivity contribution < 1.29 is 0 Å². The minimum atomic E-state index is 0. The zero-order chi connectivity index (χ0) is 17.2. The van der Waals surface area contributed by atoms with Crippen molar-refractivity contribution in [2.24, 2.45) is 0 Å². The maximum Gasteiger partial charge on any atom is 0.0641 e. The minimum Gasteiger partial charge on any atom is -0.341 e. The van der Waals surface area contributed by atoms with Gasteiger partial charge in [0.25, 0.3) is 0 Å². The zero-order valence-corrected chi connectivity index (χ0v) is 17.2. The van der Waals surface area contributed by atoms with Gasteiger partial charge in [0.15, 0.2) is 0 Å². The number of hydrogen-bond donors (Lipinski definition) is 1. The van der Waals surface area contributed by atoms with Crippen molar-refractivity contribution in [3.05, 3.63) is 48.0 Å². The topological polar surface area (TPSA) is 44.0 Å². The first-order valence-corrected chi connectivity index (χ1v) is 9.16. The molecule has 1 N–H and O–H groups in total. The van der Waals surface area contributed by atoms with E-state index >= 15 is 0 Å². The Kier molecular flexibility index (Phi) is 7.52. The van der Waals surface area contributed by atoms with E-state index in [1.165, 1.54) is 27.4 Å². The van der Waals surface area contributed by atoms with Crippen molar-refractivity contribution in [1.29, 1.82) is 5.26 Å². The summed E-state index contributed by atoms with van der Waals surface area (Å²) in [6.07, 6.45) is 0.540. The molecule has 0 bridgehead atoms. The minimum absolute atomic E-state index is 0. The van der Waals surface area contributed by atoms with Gasteiger partial charge in [0.05, 0.1) is 12.5 Å². The average molecular weight is 405 g/mol. The van der Waals surface area contributed by atoms with Gasteiger partial charge in [0, 0.05) is 60.6 Å². The molecule has 4 nitrogen and oxygen atoms in total. The molecule has 1 atom stereocenters. The van der Waals surface area contributed by atoms with E-state index in [-0.39, 0.29) is 30.9 Å². The number of aryl methyl sites for hydroxylation is 1. The molecule has 4 rings (SSSR count). The second-order valence-corrected chi connectivity index (χ2v) is 6.70. The van der Waals surface area contributed by atoms with Gasteiger partial charge in [-0.2, -0.15) is 5.26 Å². The molecule has 0 aliphatic carbocycles. The lowest BCUT2D eigenvalue weighted by molar-refractivity contribution is 0.176. The summed E-state index contributed by atoms with van der Waals surface area (Å²) in [7, 11) is 0. The average Bonchev–Trinajstić information content (AvgIpc) is 3.00. The summed E-state index contributed by atoms with van der Waals surface area (Å²) in [5, 5.41) is 15.4. The summed E-state index contributed by atoms with van der Waals surface area (Å²) in [4.78, 5) is 2.44. The second kappa shape index (κ2) is 9.43. The maximum absolute atomic E-state index is 9.36. The summed E-state index contributed by atoms with van der Waals surface area (Å²) < 4.78 is 2.37. The van der Waals surface area contributed by atoms with Crippen molar-refractivity contribution in [2.45, 2.75) is 25.9 Å². The number of halogens is 2. The molecule has 1 aromatic heterocycles. The van der Waals surface area contributed by atoms with Gasteiger partial charge in [-0.05, 0) is 30.7 Å². The highest BCUT2D eigenvalue weighted by atomic mass is 35.5. The first kappa shape index (κ1) is 21.5. The van der Waals surface area contributed by atoms with Crippen molar-refractivity contribution >= 4 is 46.6 Å². The highest BCUT2D eigenvalue weighted by molar-refractivity contribution is 6.08.